The molecule has 0 aliphatic carbocycles. The molecule has 1 heterocycles. The van der Waals surface area contributed by atoms with Gasteiger partial charge in [-0.05, 0) is 24.3 Å². The molecule has 0 saturated carbocycles. The van der Waals surface area contributed by atoms with E-state index >= 15 is 0 Å². The second-order valence-corrected chi connectivity index (χ2v) is 4.99. The fraction of sp³-hybridized carbons (Fsp3) is 0.200. The second-order valence-electron chi connectivity index (χ2n) is 4.99. The molecule has 0 spiro atoms. The average molecular weight is 380 g/mol. The van der Waals surface area contributed by atoms with Gasteiger partial charge in [0.2, 0.25) is 5.88 Å². The number of ether oxygens (including phenoxy) is 1. The molecule has 0 atom stereocenters. The van der Waals surface area contributed by atoms with Crippen LogP contribution in [0.3, 0.4) is 0 Å². The quantitative estimate of drug-likeness (QED) is 0.633. The number of hydrogen-bond acceptors (Lipinski definition) is 3. The highest BCUT2D eigenvalue weighted by molar-refractivity contribution is 5.86. The predicted molar refractivity (Wildman–Crippen MR) is 76.4 cm³/mol. The SMILES string of the molecule is Cn1nc(C(F)(F)F)c(/C=C/C(=O)O)c1Oc1cccc(C(F)(F)F)c1. The molecule has 0 unspecified atom stereocenters. The highest BCUT2D eigenvalue weighted by Crippen LogP contribution is 2.38. The van der Waals surface area contributed by atoms with Gasteiger partial charge in [0.25, 0.3) is 0 Å². The number of aromatic nitrogens is 2. The second kappa shape index (κ2) is 6.73. The molecule has 0 bridgehead atoms. The van der Waals surface area contributed by atoms with E-state index in [4.69, 9.17) is 9.84 Å². The third kappa shape index (κ3) is 4.35. The van der Waals surface area contributed by atoms with E-state index in [0.717, 1.165) is 25.2 Å². The molecule has 1 N–H and O–H groups in total. The highest BCUT2D eigenvalue weighted by atomic mass is 19.4. The standard InChI is InChI=1S/C15H10F6N2O3/c1-23-13(26-9-4-2-3-8(7-9)14(16,17)18)10(5-6-11(24)25)12(22-23)15(19,20)21/h2-7H,1H3,(H,24,25)/b6-5+. The lowest BCUT2D eigenvalue weighted by Gasteiger charge is -2.11. The lowest BCUT2D eigenvalue weighted by Crippen LogP contribution is -2.08. The van der Waals surface area contributed by atoms with Gasteiger partial charge in [0.15, 0.2) is 5.69 Å². The van der Waals surface area contributed by atoms with Crippen molar-refractivity contribution >= 4 is 12.0 Å². The lowest BCUT2D eigenvalue weighted by molar-refractivity contribution is -0.141. The Kier molecular flexibility index (Phi) is 5.01. The van der Waals surface area contributed by atoms with Crippen molar-refractivity contribution in [2.75, 3.05) is 0 Å². The summed E-state index contributed by atoms with van der Waals surface area (Å²) in [5.41, 5.74) is -3.21. The van der Waals surface area contributed by atoms with E-state index in [2.05, 4.69) is 5.10 Å². The number of aryl methyl sites for hydroxylation is 1. The van der Waals surface area contributed by atoms with Crippen LogP contribution in [0, 0.1) is 0 Å². The van der Waals surface area contributed by atoms with Gasteiger partial charge in [0.05, 0.1) is 11.1 Å². The van der Waals surface area contributed by atoms with Crippen LogP contribution < -0.4 is 4.74 Å². The van der Waals surface area contributed by atoms with E-state index < -0.39 is 41.0 Å². The smallest absolute Gasteiger partial charge is 0.435 e. The molecule has 1 aromatic heterocycles. The molecule has 0 fully saturated rings. The van der Waals surface area contributed by atoms with Crippen LogP contribution in [0.15, 0.2) is 30.3 Å². The maximum atomic E-state index is 13.1. The predicted octanol–water partition coefficient (Wildman–Crippen LogP) is 4.35. The Bertz CT molecular complexity index is 852. The van der Waals surface area contributed by atoms with E-state index in [9.17, 15) is 31.1 Å². The Morgan fingerprint density at radius 2 is 1.85 bits per heavy atom. The zero-order valence-electron chi connectivity index (χ0n) is 12.9. The maximum Gasteiger partial charge on any atom is 0.435 e. The van der Waals surface area contributed by atoms with E-state index in [0.29, 0.717) is 22.9 Å². The molecule has 0 aliphatic rings. The van der Waals surface area contributed by atoms with Crippen LogP contribution in [-0.2, 0) is 24.2 Å². The molecule has 11 heteroatoms. The minimum atomic E-state index is -4.93. The molecule has 5 nitrogen and oxygen atoms in total. The molecule has 2 aromatic rings. The molecule has 0 saturated heterocycles. The number of nitrogens with zero attached hydrogens (tertiary/aromatic N) is 2. The van der Waals surface area contributed by atoms with Crippen molar-refractivity contribution in [3.05, 3.63) is 47.2 Å². The summed E-state index contributed by atoms with van der Waals surface area (Å²) < 4.78 is 83.2. The monoisotopic (exact) mass is 380 g/mol. The van der Waals surface area contributed by atoms with Gasteiger partial charge in [-0.25, -0.2) is 9.48 Å². The van der Waals surface area contributed by atoms with Crippen LogP contribution in [0.2, 0.25) is 0 Å². The van der Waals surface area contributed by atoms with Gasteiger partial charge in [0.1, 0.15) is 5.75 Å². The number of hydrogen-bond donors (Lipinski definition) is 1. The third-order valence-electron chi connectivity index (χ3n) is 3.07. The molecule has 0 aliphatic heterocycles. The van der Waals surface area contributed by atoms with Gasteiger partial charge in [-0.1, -0.05) is 6.07 Å². The topological polar surface area (TPSA) is 64.4 Å². The largest absolute Gasteiger partial charge is 0.478 e. The van der Waals surface area contributed by atoms with Crippen LogP contribution in [0.4, 0.5) is 26.3 Å². The molecule has 140 valence electrons. The van der Waals surface area contributed by atoms with E-state index in [1.54, 1.807) is 0 Å². The van der Waals surface area contributed by atoms with Crippen molar-refractivity contribution in [3.63, 3.8) is 0 Å². The molecule has 26 heavy (non-hydrogen) atoms. The fourth-order valence-electron chi connectivity index (χ4n) is 2.01. The highest BCUT2D eigenvalue weighted by Gasteiger charge is 2.39. The first-order chi connectivity index (χ1) is 11.9. The van der Waals surface area contributed by atoms with Gasteiger partial charge >= 0.3 is 18.3 Å². The molecule has 0 amide bonds. The van der Waals surface area contributed by atoms with Gasteiger partial charge in [-0.2, -0.15) is 31.4 Å². The number of carboxylic acids is 1. The summed E-state index contributed by atoms with van der Waals surface area (Å²) in [6.07, 6.45) is -8.55. The van der Waals surface area contributed by atoms with Gasteiger partial charge in [-0.15, -0.1) is 0 Å². The zero-order chi connectivity index (χ0) is 19.7. The third-order valence-corrected chi connectivity index (χ3v) is 3.07. The van der Waals surface area contributed by atoms with Gasteiger partial charge in [0, 0.05) is 13.1 Å². The number of alkyl halides is 6. The minimum Gasteiger partial charge on any atom is -0.478 e. The Morgan fingerprint density at radius 3 is 2.38 bits per heavy atom. The Hall–Kier alpha value is -2.98. The summed E-state index contributed by atoms with van der Waals surface area (Å²) in [6.45, 7) is 0. The van der Waals surface area contributed by atoms with Crippen LogP contribution in [0.5, 0.6) is 11.6 Å². The molecular formula is C15H10F6N2O3. The van der Waals surface area contributed by atoms with E-state index in [1.807, 2.05) is 0 Å². The summed E-state index contributed by atoms with van der Waals surface area (Å²) in [5.74, 6) is -2.47. The van der Waals surface area contributed by atoms with Crippen molar-refractivity contribution < 1.29 is 41.0 Å². The van der Waals surface area contributed by atoms with Crippen LogP contribution in [-0.4, -0.2) is 20.9 Å². The Morgan fingerprint density at radius 1 is 1.19 bits per heavy atom. The number of halogens is 6. The number of rotatable bonds is 4. The zero-order valence-corrected chi connectivity index (χ0v) is 12.9. The first kappa shape index (κ1) is 19.3. The summed E-state index contributed by atoms with van der Waals surface area (Å²) in [4.78, 5) is 10.6. The van der Waals surface area contributed by atoms with Crippen molar-refractivity contribution in [3.8, 4) is 11.6 Å². The van der Waals surface area contributed by atoms with E-state index in [1.165, 1.54) is 0 Å². The lowest BCUT2D eigenvalue weighted by atomic mass is 10.2. The maximum absolute atomic E-state index is 13.1. The van der Waals surface area contributed by atoms with Gasteiger partial charge in [-0.3, -0.25) is 0 Å². The van der Waals surface area contributed by atoms with Crippen molar-refractivity contribution in [2.45, 2.75) is 12.4 Å². The van der Waals surface area contributed by atoms with Crippen molar-refractivity contribution in [1.29, 1.82) is 0 Å². The van der Waals surface area contributed by atoms with E-state index in [-0.39, 0.29) is 5.75 Å². The summed E-state index contributed by atoms with van der Waals surface area (Å²) in [6, 6.07) is 3.50. The van der Waals surface area contributed by atoms with Crippen LogP contribution >= 0.6 is 0 Å². The molecular weight excluding hydrogens is 370 g/mol. The van der Waals surface area contributed by atoms with Gasteiger partial charge < -0.3 is 9.84 Å². The number of aliphatic carboxylic acids is 1. The summed E-state index contributed by atoms with van der Waals surface area (Å²) >= 11 is 0. The van der Waals surface area contributed by atoms with Crippen molar-refractivity contribution in [2.24, 2.45) is 7.05 Å². The first-order valence-corrected chi connectivity index (χ1v) is 6.80. The first-order valence-electron chi connectivity index (χ1n) is 6.80. The summed E-state index contributed by atoms with van der Waals surface area (Å²) in [5, 5.41) is 11.8. The number of carbonyl (C=O) groups is 1. The van der Waals surface area contributed by atoms with Crippen LogP contribution in [0.25, 0.3) is 6.08 Å². The molecule has 1 aromatic carbocycles. The number of carboxylic acid groups (broad SMARTS) is 1. The Labute approximate surface area is 142 Å². The minimum absolute atomic E-state index is 0.387. The molecule has 0 radical (unpaired) electrons. The summed E-state index contributed by atoms with van der Waals surface area (Å²) in [7, 11) is 1.08. The van der Waals surface area contributed by atoms with Crippen molar-refractivity contribution in [1.82, 2.24) is 9.78 Å². The Balaban J connectivity index is 2.53. The molecule has 2 rings (SSSR count). The van der Waals surface area contributed by atoms with Crippen LogP contribution in [0.1, 0.15) is 16.8 Å². The fourth-order valence-corrected chi connectivity index (χ4v) is 2.01. The normalized spacial score (nSPS) is 12.6. The average Bonchev–Trinajstić information content (AvgIpc) is 2.81. The number of benzene rings is 1.